The molecule has 3 rings (SSSR count). The molecule has 204 valence electrons. The summed E-state index contributed by atoms with van der Waals surface area (Å²) in [7, 11) is -0.555. The molecule has 1 N–H and O–H groups in total. The minimum Gasteiger partial charge on any atom is -0.497 e. The van der Waals surface area contributed by atoms with E-state index in [9.17, 15) is 9.59 Å². The van der Waals surface area contributed by atoms with E-state index in [1.807, 2.05) is 6.08 Å². The molecule has 2 fully saturated rings. The van der Waals surface area contributed by atoms with Crippen molar-refractivity contribution in [2.45, 2.75) is 63.6 Å². The third-order valence-electron chi connectivity index (χ3n) is 7.63. The zero-order chi connectivity index (χ0) is 27.6. The molecule has 2 saturated heterocycles. The Morgan fingerprint density at radius 2 is 2.00 bits per heavy atom. The lowest BCUT2D eigenvalue weighted by Gasteiger charge is -2.43. The minimum atomic E-state index is -2.94. The Bertz CT molecular complexity index is 1110. The number of carbonyl (C=O) groups excluding carboxylic acids is 2. The fourth-order valence-corrected chi connectivity index (χ4v) is 12.6. The molecule has 2 amide bonds. The molecule has 2 unspecified atom stereocenters. The van der Waals surface area contributed by atoms with Crippen molar-refractivity contribution in [1.82, 2.24) is 10.2 Å². The molecule has 2 aliphatic heterocycles. The highest BCUT2D eigenvalue weighted by Gasteiger charge is 2.48. The predicted octanol–water partition coefficient (Wildman–Crippen LogP) is 6.56. The van der Waals surface area contributed by atoms with Crippen LogP contribution in [0.4, 0.5) is 4.79 Å². The summed E-state index contributed by atoms with van der Waals surface area (Å²) in [4.78, 5) is 28.0. The van der Waals surface area contributed by atoms with E-state index in [-0.39, 0.29) is 21.8 Å². The summed E-state index contributed by atoms with van der Waals surface area (Å²) in [6, 6.07) is 6.67. The predicted molar refractivity (Wildman–Crippen MR) is 162 cm³/mol. The van der Waals surface area contributed by atoms with Crippen LogP contribution in [0.25, 0.3) is 0 Å². The second-order valence-corrected chi connectivity index (χ2v) is 22.4. The molecule has 0 bridgehead atoms. The van der Waals surface area contributed by atoms with Crippen LogP contribution in [0.2, 0.25) is 18.1 Å². The van der Waals surface area contributed by atoms with Gasteiger partial charge < -0.3 is 23.9 Å². The van der Waals surface area contributed by atoms with Gasteiger partial charge in [0.05, 0.1) is 24.0 Å². The van der Waals surface area contributed by atoms with Gasteiger partial charge in [0, 0.05) is 24.7 Å². The fraction of sp³-hybridized carbons (Fsp3) is 0.560. The third kappa shape index (κ3) is 6.93. The van der Waals surface area contributed by atoms with Crippen molar-refractivity contribution in [2.75, 3.05) is 20.3 Å². The van der Waals surface area contributed by atoms with Crippen molar-refractivity contribution in [1.29, 1.82) is 0 Å². The van der Waals surface area contributed by atoms with Crippen LogP contribution in [0.5, 0.6) is 5.75 Å². The quantitative estimate of drug-likeness (QED) is 0.184. The summed E-state index contributed by atoms with van der Waals surface area (Å²) in [5.74, 6) is 1.12. The fourth-order valence-electron chi connectivity index (χ4n) is 3.84. The number of nitrogens with one attached hydrogen (secondary N) is 1. The van der Waals surface area contributed by atoms with Gasteiger partial charge in [-0.1, -0.05) is 57.4 Å². The minimum absolute atomic E-state index is 0.0352. The molecule has 0 radical (unpaired) electrons. The smallest absolute Gasteiger partial charge is 0.326 e. The average Bonchev–Trinajstić information content (AvgIpc) is 3.18. The van der Waals surface area contributed by atoms with Gasteiger partial charge in [-0.2, -0.15) is 0 Å². The van der Waals surface area contributed by atoms with Gasteiger partial charge in [0.25, 0.3) is 0 Å². The van der Waals surface area contributed by atoms with Crippen LogP contribution in [0.3, 0.4) is 0 Å². The molecule has 7 nitrogen and oxygen atoms in total. The molecule has 0 aliphatic carbocycles. The largest absolute Gasteiger partial charge is 0.497 e. The zero-order valence-electron chi connectivity index (χ0n) is 22.5. The van der Waals surface area contributed by atoms with E-state index in [2.05, 4.69) is 46.1 Å². The summed E-state index contributed by atoms with van der Waals surface area (Å²) in [5.41, 5.74) is -2.62. The summed E-state index contributed by atoms with van der Waals surface area (Å²) in [5, 5.41) is 2.49. The SMILES string of the molecule is COc1ccc(C(=O)P2(=S)O[C@H](CO[Si](C)(C)C(C)(C)C(C)C)C(/C=C/N3CCC(=S)NC3=O)S2)cc1. The molecular weight excluding hydrogens is 564 g/mol. The van der Waals surface area contributed by atoms with Gasteiger partial charge in [-0.05, 0) is 60.1 Å². The monoisotopic (exact) mass is 600 g/mol. The van der Waals surface area contributed by atoms with Gasteiger partial charge in [-0.3, -0.25) is 4.79 Å². The van der Waals surface area contributed by atoms with Crippen LogP contribution in [0.1, 0.15) is 44.5 Å². The van der Waals surface area contributed by atoms with Crippen molar-refractivity contribution in [3.05, 3.63) is 42.1 Å². The van der Waals surface area contributed by atoms with Crippen molar-refractivity contribution >= 4 is 65.7 Å². The van der Waals surface area contributed by atoms with E-state index in [1.54, 1.807) is 42.5 Å². The molecule has 12 heteroatoms. The number of amides is 2. The number of hydrogen-bond acceptors (Lipinski definition) is 8. The first-order valence-electron chi connectivity index (χ1n) is 12.3. The summed E-state index contributed by atoms with van der Waals surface area (Å²) < 4.78 is 18.2. The Balaban J connectivity index is 1.83. The number of rotatable bonds is 10. The first kappa shape index (κ1) is 30.5. The van der Waals surface area contributed by atoms with Crippen molar-refractivity contribution in [2.24, 2.45) is 5.92 Å². The standard InChI is InChI=1S/C25H37N2O5PS3Si/c1-17(2)25(3,4)37(6,7)31-16-20-21(12-14-27-15-13-22(34)26-24(27)29)36-33(35,32-20)23(28)18-8-10-19(30-5)11-9-18/h8-12,14,17,20-21H,13,15-16H2,1-7H3,(H,26,29,34)/b14-12+/t20-,21?,33?/m1/s1. The summed E-state index contributed by atoms with van der Waals surface area (Å²) in [6.07, 6.45) is 3.85. The summed E-state index contributed by atoms with van der Waals surface area (Å²) >= 11 is 12.4. The maximum atomic E-state index is 13.5. The zero-order valence-corrected chi connectivity index (χ0v) is 26.8. The molecule has 0 spiro atoms. The van der Waals surface area contributed by atoms with Crippen LogP contribution in [0, 0.1) is 5.92 Å². The van der Waals surface area contributed by atoms with E-state index in [0.717, 1.165) is 0 Å². The van der Waals surface area contributed by atoms with Crippen LogP contribution in [-0.2, 0) is 20.8 Å². The van der Waals surface area contributed by atoms with Gasteiger partial charge in [0.1, 0.15) is 11.9 Å². The first-order chi connectivity index (χ1) is 17.2. The van der Waals surface area contributed by atoms with Crippen LogP contribution < -0.4 is 10.1 Å². The number of nitrogens with zero attached hydrogens (tertiary/aromatic N) is 1. The van der Waals surface area contributed by atoms with E-state index in [1.165, 1.54) is 11.4 Å². The number of methoxy groups -OCH3 is 1. The van der Waals surface area contributed by atoms with Gasteiger partial charge in [-0.15, -0.1) is 0 Å². The van der Waals surface area contributed by atoms with E-state index >= 15 is 0 Å². The molecule has 3 atom stereocenters. The van der Waals surface area contributed by atoms with Gasteiger partial charge in [-0.25, -0.2) is 4.79 Å². The van der Waals surface area contributed by atoms with Crippen LogP contribution >= 0.6 is 29.1 Å². The molecule has 0 aromatic heterocycles. The van der Waals surface area contributed by atoms with Crippen molar-refractivity contribution < 1.29 is 23.3 Å². The number of carbonyl (C=O) groups is 2. The highest BCUT2D eigenvalue weighted by atomic mass is 32.9. The molecular formula is C25H37N2O5PS3Si. The first-order valence-corrected chi connectivity index (χ1v) is 19.8. The topological polar surface area (TPSA) is 77.1 Å². The Labute approximate surface area is 236 Å². The Morgan fingerprint density at radius 1 is 1.35 bits per heavy atom. The maximum Gasteiger partial charge on any atom is 0.326 e. The number of hydrogen-bond donors (Lipinski definition) is 1. The lowest BCUT2D eigenvalue weighted by atomic mass is 9.99. The number of thiocarbonyl (C=S) groups is 1. The number of benzene rings is 1. The lowest BCUT2D eigenvalue weighted by Crippen LogP contribution is -2.47. The Morgan fingerprint density at radius 3 is 2.57 bits per heavy atom. The number of ether oxygens (including phenoxy) is 1. The second-order valence-electron chi connectivity index (χ2n) is 10.6. The third-order valence-corrected chi connectivity index (χ3v) is 18.6. The lowest BCUT2D eigenvalue weighted by molar-refractivity contribution is 0.104. The highest BCUT2D eigenvalue weighted by Crippen LogP contribution is 2.70. The molecule has 0 saturated carbocycles. The number of urea groups is 1. The van der Waals surface area contributed by atoms with Crippen molar-refractivity contribution in [3.8, 4) is 5.75 Å². The maximum absolute atomic E-state index is 13.5. The van der Waals surface area contributed by atoms with E-state index in [0.29, 0.717) is 41.8 Å². The molecule has 1 aromatic rings. The molecule has 2 aliphatic rings. The molecule has 37 heavy (non-hydrogen) atoms. The van der Waals surface area contributed by atoms with Gasteiger partial charge >= 0.3 is 6.03 Å². The van der Waals surface area contributed by atoms with Crippen LogP contribution in [-0.4, -0.2) is 61.4 Å². The van der Waals surface area contributed by atoms with Crippen molar-refractivity contribution in [3.63, 3.8) is 0 Å². The Kier molecular flexibility index (Phi) is 9.87. The van der Waals surface area contributed by atoms with Crippen LogP contribution in [0.15, 0.2) is 36.5 Å². The summed E-state index contributed by atoms with van der Waals surface area (Å²) in [6.45, 7) is 14.2. The second kappa shape index (κ2) is 12.0. The van der Waals surface area contributed by atoms with Gasteiger partial charge in [0.15, 0.2) is 13.8 Å². The molecule has 1 aromatic carbocycles. The highest BCUT2D eigenvalue weighted by molar-refractivity contribution is 8.74. The van der Waals surface area contributed by atoms with E-state index in [4.69, 9.17) is 37.7 Å². The van der Waals surface area contributed by atoms with Gasteiger partial charge in [0.2, 0.25) is 5.52 Å². The normalized spacial score (nSPS) is 25.1. The Hall–Kier alpha value is -1.07. The average molecular weight is 601 g/mol. The van der Waals surface area contributed by atoms with E-state index < -0.39 is 19.9 Å². The molecule has 2 heterocycles.